The molecule has 1 saturated carbocycles. The maximum Gasteiger partial charge on any atom is 0.228 e. The summed E-state index contributed by atoms with van der Waals surface area (Å²) in [4.78, 5) is 12.4. The zero-order valence-corrected chi connectivity index (χ0v) is 12.0. The lowest BCUT2D eigenvalue weighted by molar-refractivity contribution is 0.341. The van der Waals surface area contributed by atoms with Crippen molar-refractivity contribution in [2.45, 2.75) is 38.1 Å². The standard InChI is InChI=1S/C14H19N5O2/c1-20-12-7-11(16-8-17-12)14-18-13(21-19-14)6-10(15)9-4-2-3-5-9/h7-10H,2-6,15H2,1H3. The molecule has 21 heavy (non-hydrogen) atoms. The SMILES string of the molecule is COc1cc(-c2noc(CC(N)C3CCCC3)n2)ncn1. The van der Waals surface area contributed by atoms with E-state index in [0.29, 0.717) is 35.6 Å². The van der Waals surface area contributed by atoms with Crippen LogP contribution in [0.4, 0.5) is 0 Å². The Labute approximate surface area is 122 Å². The summed E-state index contributed by atoms with van der Waals surface area (Å²) >= 11 is 0. The first-order chi connectivity index (χ1) is 10.3. The van der Waals surface area contributed by atoms with Gasteiger partial charge in [-0.3, -0.25) is 0 Å². The van der Waals surface area contributed by atoms with E-state index in [1.54, 1.807) is 13.2 Å². The molecule has 1 atom stereocenters. The number of methoxy groups -OCH3 is 1. The van der Waals surface area contributed by atoms with Crippen LogP contribution in [0.2, 0.25) is 0 Å². The van der Waals surface area contributed by atoms with Crippen LogP contribution in [-0.2, 0) is 6.42 Å². The summed E-state index contributed by atoms with van der Waals surface area (Å²) in [7, 11) is 1.55. The summed E-state index contributed by atoms with van der Waals surface area (Å²) < 4.78 is 10.3. The van der Waals surface area contributed by atoms with Gasteiger partial charge in [-0.15, -0.1) is 0 Å². The molecule has 0 aromatic carbocycles. The first-order valence-electron chi connectivity index (χ1n) is 7.21. The van der Waals surface area contributed by atoms with Crippen LogP contribution in [0.5, 0.6) is 5.88 Å². The Hall–Kier alpha value is -2.02. The summed E-state index contributed by atoms with van der Waals surface area (Å²) in [5.74, 6) is 2.03. The lowest BCUT2D eigenvalue weighted by atomic mass is 9.96. The maximum absolute atomic E-state index is 6.23. The summed E-state index contributed by atoms with van der Waals surface area (Å²) in [6.45, 7) is 0. The Morgan fingerprint density at radius 2 is 2.19 bits per heavy atom. The first kappa shape index (κ1) is 13.9. The van der Waals surface area contributed by atoms with E-state index in [1.165, 1.54) is 32.0 Å². The monoisotopic (exact) mass is 289 g/mol. The van der Waals surface area contributed by atoms with Crippen LogP contribution in [0.1, 0.15) is 31.6 Å². The minimum atomic E-state index is 0.0840. The molecule has 2 heterocycles. The predicted molar refractivity (Wildman–Crippen MR) is 75.5 cm³/mol. The largest absolute Gasteiger partial charge is 0.481 e. The molecule has 2 N–H and O–H groups in total. The zero-order chi connectivity index (χ0) is 14.7. The van der Waals surface area contributed by atoms with Crippen molar-refractivity contribution in [1.82, 2.24) is 20.1 Å². The molecule has 1 unspecified atom stereocenters. The van der Waals surface area contributed by atoms with Crippen molar-refractivity contribution >= 4 is 0 Å². The first-order valence-corrected chi connectivity index (χ1v) is 7.21. The van der Waals surface area contributed by atoms with Gasteiger partial charge in [0.2, 0.25) is 17.6 Å². The molecule has 0 radical (unpaired) electrons. The number of nitrogens with zero attached hydrogens (tertiary/aromatic N) is 4. The lowest BCUT2D eigenvalue weighted by Gasteiger charge is -2.16. The van der Waals surface area contributed by atoms with Crippen molar-refractivity contribution in [1.29, 1.82) is 0 Å². The van der Waals surface area contributed by atoms with Crippen LogP contribution in [0.25, 0.3) is 11.5 Å². The van der Waals surface area contributed by atoms with Crippen molar-refractivity contribution in [2.24, 2.45) is 11.7 Å². The Kier molecular flexibility index (Phi) is 4.10. The fourth-order valence-corrected chi connectivity index (χ4v) is 2.77. The summed E-state index contributed by atoms with van der Waals surface area (Å²) in [6, 6.07) is 1.76. The van der Waals surface area contributed by atoms with Crippen molar-refractivity contribution in [3.63, 3.8) is 0 Å². The highest BCUT2D eigenvalue weighted by atomic mass is 16.5. The number of hydrogen-bond acceptors (Lipinski definition) is 7. The molecule has 0 saturated heterocycles. The van der Waals surface area contributed by atoms with Gasteiger partial charge in [0.1, 0.15) is 12.0 Å². The van der Waals surface area contributed by atoms with Crippen LogP contribution in [0.3, 0.4) is 0 Å². The summed E-state index contributed by atoms with van der Waals surface area (Å²) in [5.41, 5.74) is 6.81. The molecule has 1 fully saturated rings. The third-order valence-corrected chi connectivity index (χ3v) is 3.96. The Balaban J connectivity index is 1.70. The average Bonchev–Trinajstić information content (AvgIpc) is 3.18. The fraction of sp³-hybridized carbons (Fsp3) is 0.571. The second-order valence-electron chi connectivity index (χ2n) is 5.37. The molecule has 112 valence electrons. The number of aromatic nitrogens is 4. The van der Waals surface area contributed by atoms with E-state index in [4.69, 9.17) is 15.0 Å². The van der Waals surface area contributed by atoms with Gasteiger partial charge < -0.3 is 15.0 Å². The molecule has 2 aromatic rings. The average molecular weight is 289 g/mol. The van der Waals surface area contributed by atoms with E-state index in [2.05, 4.69) is 20.1 Å². The van der Waals surface area contributed by atoms with Crippen LogP contribution in [0, 0.1) is 5.92 Å². The molecule has 2 aromatic heterocycles. The van der Waals surface area contributed by atoms with E-state index >= 15 is 0 Å². The smallest absolute Gasteiger partial charge is 0.228 e. The summed E-state index contributed by atoms with van der Waals surface area (Å²) in [5, 5.41) is 3.95. The number of rotatable bonds is 5. The van der Waals surface area contributed by atoms with E-state index in [9.17, 15) is 0 Å². The molecule has 0 bridgehead atoms. The molecular weight excluding hydrogens is 270 g/mol. The van der Waals surface area contributed by atoms with Crippen LogP contribution in [0.15, 0.2) is 16.9 Å². The maximum atomic E-state index is 6.23. The van der Waals surface area contributed by atoms with Gasteiger partial charge >= 0.3 is 0 Å². The topological polar surface area (TPSA) is 100.0 Å². The summed E-state index contributed by atoms with van der Waals surface area (Å²) in [6.07, 6.45) is 6.97. The molecule has 0 spiro atoms. The molecule has 3 rings (SSSR count). The second-order valence-corrected chi connectivity index (χ2v) is 5.37. The number of nitrogens with two attached hydrogens (primary N) is 1. The van der Waals surface area contributed by atoms with Crippen LogP contribution < -0.4 is 10.5 Å². The van der Waals surface area contributed by atoms with Crippen molar-refractivity contribution < 1.29 is 9.26 Å². The fourth-order valence-electron chi connectivity index (χ4n) is 2.77. The molecule has 1 aliphatic carbocycles. The molecule has 7 nitrogen and oxygen atoms in total. The van der Waals surface area contributed by atoms with Gasteiger partial charge in [-0.2, -0.15) is 4.98 Å². The van der Waals surface area contributed by atoms with Crippen molar-refractivity contribution in [2.75, 3.05) is 7.11 Å². The molecular formula is C14H19N5O2. The van der Waals surface area contributed by atoms with E-state index in [0.717, 1.165) is 0 Å². The Morgan fingerprint density at radius 3 is 2.95 bits per heavy atom. The van der Waals surface area contributed by atoms with Crippen molar-refractivity contribution in [3.8, 4) is 17.4 Å². The predicted octanol–water partition coefficient (Wildman–Crippen LogP) is 1.60. The number of hydrogen-bond donors (Lipinski definition) is 1. The Bertz CT molecular complexity index is 595. The highest BCUT2D eigenvalue weighted by Gasteiger charge is 2.24. The van der Waals surface area contributed by atoms with Crippen molar-refractivity contribution in [3.05, 3.63) is 18.3 Å². The van der Waals surface area contributed by atoms with E-state index in [-0.39, 0.29) is 6.04 Å². The van der Waals surface area contributed by atoms with E-state index < -0.39 is 0 Å². The molecule has 0 amide bonds. The van der Waals surface area contributed by atoms with Gasteiger partial charge in [-0.25, -0.2) is 9.97 Å². The van der Waals surface area contributed by atoms with Gasteiger partial charge in [-0.1, -0.05) is 18.0 Å². The third kappa shape index (κ3) is 3.18. The third-order valence-electron chi connectivity index (χ3n) is 3.96. The quantitative estimate of drug-likeness (QED) is 0.892. The highest BCUT2D eigenvalue weighted by molar-refractivity contribution is 5.49. The second kappa shape index (κ2) is 6.17. The van der Waals surface area contributed by atoms with Gasteiger partial charge in [0.15, 0.2) is 0 Å². The number of ether oxygens (including phenoxy) is 1. The lowest BCUT2D eigenvalue weighted by Crippen LogP contribution is -2.30. The Morgan fingerprint density at radius 1 is 1.38 bits per heavy atom. The van der Waals surface area contributed by atoms with Gasteiger partial charge in [0.05, 0.1) is 7.11 Å². The van der Waals surface area contributed by atoms with Gasteiger partial charge in [-0.05, 0) is 18.8 Å². The minimum Gasteiger partial charge on any atom is -0.481 e. The highest BCUT2D eigenvalue weighted by Crippen LogP contribution is 2.28. The molecule has 0 aliphatic heterocycles. The molecule has 7 heteroatoms. The van der Waals surface area contributed by atoms with Crippen LogP contribution in [-0.4, -0.2) is 33.3 Å². The van der Waals surface area contributed by atoms with Gasteiger partial charge in [0, 0.05) is 18.5 Å². The normalized spacial score (nSPS) is 17.0. The zero-order valence-electron chi connectivity index (χ0n) is 12.0. The minimum absolute atomic E-state index is 0.0840. The van der Waals surface area contributed by atoms with Gasteiger partial charge in [0.25, 0.3) is 0 Å². The van der Waals surface area contributed by atoms with E-state index in [1.807, 2.05) is 0 Å². The van der Waals surface area contributed by atoms with Crippen LogP contribution >= 0.6 is 0 Å². The molecule has 1 aliphatic rings.